The molecule has 2 N–H and O–H groups in total. The minimum atomic E-state index is -0.172. The van der Waals surface area contributed by atoms with Gasteiger partial charge >= 0.3 is 0 Å². The van der Waals surface area contributed by atoms with Crippen LogP contribution in [0.15, 0.2) is 40.9 Å². The van der Waals surface area contributed by atoms with Crippen molar-refractivity contribution in [2.24, 2.45) is 0 Å². The Morgan fingerprint density at radius 2 is 2.00 bits per heavy atom. The van der Waals surface area contributed by atoms with E-state index in [1.807, 2.05) is 32.0 Å². The Morgan fingerprint density at radius 3 is 2.71 bits per heavy atom. The number of hydrogen-bond donors (Lipinski definition) is 2. The van der Waals surface area contributed by atoms with E-state index in [1.54, 1.807) is 18.2 Å². The van der Waals surface area contributed by atoms with Crippen molar-refractivity contribution in [3.8, 4) is 0 Å². The van der Waals surface area contributed by atoms with Gasteiger partial charge in [0.05, 0.1) is 20.7 Å². The summed E-state index contributed by atoms with van der Waals surface area (Å²) in [5.74, 6) is -0.172. The maximum Gasteiger partial charge on any atom is 0.257 e. The van der Waals surface area contributed by atoms with Crippen LogP contribution in [0.3, 0.4) is 0 Å². The number of carbonyl (C=O) groups is 1. The number of carbonyl (C=O) groups excluding carboxylic acids is 1. The van der Waals surface area contributed by atoms with Crippen LogP contribution >= 0.6 is 27.5 Å². The third-order valence-corrected chi connectivity index (χ3v) is 4.38. The summed E-state index contributed by atoms with van der Waals surface area (Å²) in [6, 6.07) is 11.1. The molecule has 0 spiro atoms. The van der Waals surface area contributed by atoms with Crippen LogP contribution in [0, 0.1) is 6.92 Å². The predicted molar refractivity (Wildman–Crippen MR) is 92.4 cm³/mol. The molecule has 2 rings (SSSR count). The summed E-state index contributed by atoms with van der Waals surface area (Å²) < 4.78 is 0.678. The summed E-state index contributed by atoms with van der Waals surface area (Å²) in [6.07, 6.45) is 0. The summed E-state index contributed by atoms with van der Waals surface area (Å²) in [5, 5.41) is 6.65. The van der Waals surface area contributed by atoms with Gasteiger partial charge in [0.2, 0.25) is 0 Å². The van der Waals surface area contributed by atoms with E-state index in [-0.39, 0.29) is 5.91 Å². The lowest BCUT2D eigenvalue weighted by Gasteiger charge is -2.13. The molecule has 2 aromatic rings. The van der Waals surface area contributed by atoms with E-state index in [1.165, 1.54) is 0 Å². The van der Waals surface area contributed by atoms with Gasteiger partial charge in [0.25, 0.3) is 5.91 Å². The number of nitrogens with one attached hydrogen (secondary N) is 2. The third kappa shape index (κ3) is 3.77. The van der Waals surface area contributed by atoms with Crippen LogP contribution in [-0.2, 0) is 0 Å². The number of halogens is 2. The maximum atomic E-state index is 12.5. The molecule has 0 saturated heterocycles. The van der Waals surface area contributed by atoms with Crippen LogP contribution in [-0.4, -0.2) is 12.5 Å². The fourth-order valence-electron chi connectivity index (χ4n) is 1.98. The fourth-order valence-corrected chi connectivity index (χ4v) is 2.52. The molecule has 0 unspecified atom stereocenters. The average Bonchev–Trinajstić information content (AvgIpc) is 2.44. The number of anilines is 2. The van der Waals surface area contributed by atoms with Gasteiger partial charge in [0, 0.05) is 12.2 Å². The molecule has 110 valence electrons. The maximum absolute atomic E-state index is 12.5. The van der Waals surface area contributed by atoms with Gasteiger partial charge in [-0.15, -0.1) is 0 Å². The normalized spacial score (nSPS) is 10.3. The Morgan fingerprint density at radius 1 is 1.24 bits per heavy atom. The quantitative estimate of drug-likeness (QED) is 0.790. The van der Waals surface area contributed by atoms with E-state index in [4.69, 9.17) is 11.6 Å². The number of benzene rings is 2. The summed E-state index contributed by atoms with van der Waals surface area (Å²) >= 11 is 9.41. The SMILES string of the molecule is CCNc1cc(C)ccc1C(=O)Nc1cccc(Cl)c1Br. The molecule has 0 aliphatic heterocycles. The molecule has 2 aromatic carbocycles. The number of hydrogen-bond acceptors (Lipinski definition) is 2. The highest BCUT2D eigenvalue weighted by atomic mass is 79.9. The monoisotopic (exact) mass is 366 g/mol. The van der Waals surface area contributed by atoms with Crippen LogP contribution in [0.25, 0.3) is 0 Å². The van der Waals surface area contributed by atoms with Gasteiger partial charge in [-0.2, -0.15) is 0 Å². The zero-order valence-corrected chi connectivity index (χ0v) is 14.2. The minimum absolute atomic E-state index is 0.172. The van der Waals surface area contributed by atoms with Crippen molar-refractivity contribution >= 4 is 44.8 Å². The molecule has 5 heteroatoms. The van der Waals surface area contributed by atoms with E-state index in [9.17, 15) is 4.79 Å². The van der Waals surface area contributed by atoms with Crippen molar-refractivity contribution in [1.82, 2.24) is 0 Å². The summed E-state index contributed by atoms with van der Waals surface area (Å²) in [4.78, 5) is 12.5. The minimum Gasteiger partial charge on any atom is -0.385 e. The van der Waals surface area contributed by atoms with Gasteiger partial charge in [0.1, 0.15) is 0 Å². The molecular weight excluding hydrogens is 352 g/mol. The lowest BCUT2D eigenvalue weighted by molar-refractivity contribution is 0.102. The van der Waals surface area contributed by atoms with Crippen LogP contribution in [0.5, 0.6) is 0 Å². The lowest BCUT2D eigenvalue weighted by Crippen LogP contribution is -2.15. The van der Waals surface area contributed by atoms with Gasteiger partial charge in [0.15, 0.2) is 0 Å². The smallest absolute Gasteiger partial charge is 0.257 e. The molecule has 0 aromatic heterocycles. The molecule has 21 heavy (non-hydrogen) atoms. The largest absolute Gasteiger partial charge is 0.385 e. The number of amides is 1. The van der Waals surface area contributed by atoms with E-state index in [2.05, 4.69) is 26.6 Å². The van der Waals surface area contributed by atoms with Crippen LogP contribution in [0.2, 0.25) is 5.02 Å². The molecule has 1 amide bonds. The number of rotatable bonds is 4. The Kier molecular flexibility index (Phi) is 5.26. The van der Waals surface area contributed by atoms with Gasteiger partial charge in [-0.3, -0.25) is 4.79 Å². The topological polar surface area (TPSA) is 41.1 Å². The van der Waals surface area contributed by atoms with Gasteiger partial charge in [-0.1, -0.05) is 23.7 Å². The second-order valence-electron chi connectivity index (χ2n) is 4.63. The Hall–Kier alpha value is -1.52. The first-order valence-electron chi connectivity index (χ1n) is 6.62. The zero-order valence-electron chi connectivity index (χ0n) is 11.8. The molecule has 0 bridgehead atoms. The molecule has 0 heterocycles. The average molecular weight is 368 g/mol. The molecule has 0 aliphatic rings. The highest BCUT2D eigenvalue weighted by Gasteiger charge is 2.13. The number of aryl methyl sites for hydroxylation is 1. The van der Waals surface area contributed by atoms with Gasteiger partial charge in [-0.05, 0) is 59.6 Å². The predicted octanol–water partition coefficient (Wildman–Crippen LogP) is 5.10. The Bertz CT molecular complexity index is 673. The van der Waals surface area contributed by atoms with E-state index >= 15 is 0 Å². The first-order chi connectivity index (χ1) is 10.0. The van der Waals surface area contributed by atoms with Crippen molar-refractivity contribution in [2.45, 2.75) is 13.8 Å². The summed E-state index contributed by atoms with van der Waals surface area (Å²) in [7, 11) is 0. The van der Waals surface area contributed by atoms with Gasteiger partial charge < -0.3 is 10.6 Å². The van der Waals surface area contributed by atoms with E-state index in [0.29, 0.717) is 20.7 Å². The van der Waals surface area contributed by atoms with Crippen LogP contribution < -0.4 is 10.6 Å². The highest BCUT2D eigenvalue weighted by molar-refractivity contribution is 9.10. The van der Waals surface area contributed by atoms with Crippen molar-refractivity contribution < 1.29 is 4.79 Å². The van der Waals surface area contributed by atoms with Crippen molar-refractivity contribution in [1.29, 1.82) is 0 Å². The van der Waals surface area contributed by atoms with E-state index in [0.717, 1.165) is 17.8 Å². The summed E-state index contributed by atoms with van der Waals surface area (Å²) in [5.41, 5.74) is 3.18. The lowest BCUT2D eigenvalue weighted by atomic mass is 10.1. The molecule has 0 atom stereocenters. The third-order valence-electron chi connectivity index (χ3n) is 2.99. The van der Waals surface area contributed by atoms with Gasteiger partial charge in [-0.25, -0.2) is 0 Å². The van der Waals surface area contributed by atoms with Crippen LogP contribution in [0.1, 0.15) is 22.8 Å². The first-order valence-corrected chi connectivity index (χ1v) is 7.80. The first kappa shape index (κ1) is 15.9. The van der Waals surface area contributed by atoms with Crippen LogP contribution in [0.4, 0.5) is 11.4 Å². The van der Waals surface area contributed by atoms with E-state index < -0.39 is 0 Å². The molecule has 0 radical (unpaired) electrons. The zero-order chi connectivity index (χ0) is 15.4. The standard InChI is InChI=1S/C16H16BrClN2O/c1-3-19-14-9-10(2)7-8-11(14)16(21)20-13-6-4-5-12(18)15(13)17/h4-9,19H,3H2,1-2H3,(H,20,21). The Labute approximate surface area is 137 Å². The Balaban J connectivity index is 2.30. The molecule has 0 fully saturated rings. The highest BCUT2D eigenvalue weighted by Crippen LogP contribution is 2.30. The van der Waals surface area contributed by atoms with Crippen molar-refractivity contribution in [3.05, 3.63) is 57.0 Å². The van der Waals surface area contributed by atoms with Crippen molar-refractivity contribution in [3.63, 3.8) is 0 Å². The molecule has 3 nitrogen and oxygen atoms in total. The molecule has 0 aliphatic carbocycles. The molecular formula is C16H16BrClN2O. The summed E-state index contributed by atoms with van der Waals surface area (Å²) in [6.45, 7) is 4.75. The second kappa shape index (κ2) is 6.96. The molecule has 0 saturated carbocycles. The fraction of sp³-hybridized carbons (Fsp3) is 0.188. The van der Waals surface area contributed by atoms with Crippen molar-refractivity contribution in [2.75, 3.05) is 17.2 Å². The second-order valence-corrected chi connectivity index (χ2v) is 5.84.